The van der Waals surface area contributed by atoms with Gasteiger partial charge in [-0.25, -0.2) is 4.79 Å². The maximum absolute atomic E-state index is 13.5. The molecule has 0 radical (unpaired) electrons. The number of carbonyl (C=O) groups is 2. The van der Waals surface area contributed by atoms with Crippen molar-refractivity contribution in [2.24, 2.45) is 5.92 Å². The third-order valence-electron chi connectivity index (χ3n) is 3.33. The molecule has 0 fully saturated rings. The van der Waals surface area contributed by atoms with Gasteiger partial charge in [0.1, 0.15) is 12.2 Å². The number of nitrogens with one attached hydrogen (secondary N) is 2. The van der Waals surface area contributed by atoms with Crippen molar-refractivity contribution in [3.8, 4) is 11.8 Å². The Morgan fingerprint density at radius 2 is 2.00 bits per heavy atom. The van der Waals surface area contributed by atoms with Crippen LogP contribution in [0.3, 0.4) is 0 Å². The molecule has 0 saturated carbocycles. The van der Waals surface area contributed by atoms with E-state index < -0.39 is 23.7 Å². The number of urea groups is 1. The molecule has 0 saturated heterocycles. The number of halogens is 3. The zero-order valence-electron chi connectivity index (χ0n) is 9.84. The fraction of sp³-hybridized carbons (Fsp3) is 0.231. The van der Waals surface area contributed by atoms with E-state index in [0.29, 0.717) is 6.29 Å². The molecule has 1 aromatic carbocycles. The lowest BCUT2D eigenvalue weighted by Crippen LogP contribution is -2.62. The number of benzene rings is 1. The van der Waals surface area contributed by atoms with Crippen LogP contribution in [0.4, 0.5) is 23.7 Å². The summed E-state index contributed by atoms with van der Waals surface area (Å²) in [7, 11) is 0. The number of alkyl halides is 3. The fourth-order valence-corrected chi connectivity index (χ4v) is 2.36. The van der Waals surface area contributed by atoms with Gasteiger partial charge in [0, 0.05) is 16.8 Å². The Labute approximate surface area is 111 Å². The Bertz CT molecular complexity index is 679. The molecule has 2 aliphatic rings. The Balaban J connectivity index is 2.23. The van der Waals surface area contributed by atoms with Crippen molar-refractivity contribution in [2.45, 2.75) is 11.7 Å². The van der Waals surface area contributed by atoms with Gasteiger partial charge in [-0.15, -0.1) is 0 Å². The summed E-state index contributed by atoms with van der Waals surface area (Å²) in [5, 5.41) is 4.22. The van der Waals surface area contributed by atoms with E-state index in [0.717, 1.165) is 0 Å². The average molecular weight is 280 g/mol. The maximum atomic E-state index is 13.5. The second-order valence-corrected chi connectivity index (χ2v) is 4.53. The zero-order chi connectivity index (χ0) is 14.5. The van der Waals surface area contributed by atoms with E-state index in [4.69, 9.17) is 0 Å². The monoisotopic (exact) mass is 280 g/mol. The Morgan fingerprint density at radius 3 is 2.55 bits per heavy atom. The Morgan fingerprint density at radius 1 is 1.30 bits per heavy atom. The van der Waals surface area contributed by atoms with Crippen molar-refractivity contribution >= 4 is 18.0 Å². The summed E-state index contributed by atoms with van der Waals surface area (Å²) in [6.07, 6.45) is -4.22. The molecule has 1 aliphatic heterocycles. The van der Waals surface area contributed by atoms with Crippen molar-refractivity contribution in [3.05, 3.63) is 29.3 Å². The van der Waals surface area contributed by atoms with Gasteiger partial charge in [-0.1, -0.05) is 24.0 Å². The first kappa shape index (κ1) is 12.5. The van der Waals surface area contributed by atoms with Crippen molar-refractivity contribution in [1.82, 2.24) is 5.32 Å². The van der Waals surface area contributed by atoms with E-state index in [-0.39, 0.29) is 16.8 Å². The topological polar surface area (TPSA) is 58.2 Å². The first-order valence-corrected chi connectivity index (χ1v) is 5.65. The molecular weight excluding hydrogens is 273 g/mol. The minimum atomic E-state index is -4.72. The fourth-order valence-electron chi connectivity index (χ4n) is 2.36. The van der Waals surface area contributed by atoms with Gasteiger partial charge in [-0.3, -0.25) is 4.79 Å². The average Bonchev–Trinajstić information content (AvgIpc) is 3.19. The van der Waals surface area contributed by atoms with E-state index in [9.17, 15) is 22.8 Å². The molecule has 1 heterocycles. The van der Waals surface area contributed by atoms with Crippen LogP contribution in [0.1, 0.15) is 15.9 Å². The molecule has 1 aliphatic carbocycles. The first-order valence-electron chi connectivity index (χ1n) is 5.65. The number of amides is 2. The van der Waals surface area contributed by atoms with Gasteiger partial charge in [-0.2, -0.15) is 13.2 Å². The number of rotatable bonds is 2. The quantitative estimate of drug-likeness (QED) is 0.643. The number of anilines is 1. The molecule has 20 heavy (non-hydrogen) atoms. The molecule has 7 heteroatoms. The number of hydrogen-bond acceptors (Lipinski definition) is 2. The summed E-state index contributed by atoms with van der Waals surface area (Å²) < 4.78 is 40.6. The zero-order valence-corrected chi connectivity index (χ0v) is 9.84. The number of aldehydes is 1. The molecule has 3 rings (SSSR count). The van der Waals surface area contributed by atoms with Crippen molar-refractivity contribution in [2.75, 3.05) is 5.32 Å². The summed E-state index contributed by atoms with van der Waals surface area (Å²) in [4.78, 5) is 22.3. The highest BCUT2D eigenvalue weighted by atomic mass is 19.4. The highest BCUT2D eigenvalue weighted by Gasteiger charge is 2.65. The molecule has 102 valence electrons. The standard InChI is InChI=1S/C13H7F3N2O2/c14-13(15,16)12(8-2-3-8)9-4-1-7(6-19)5-10(9)17-11(20)18-12/h1,4-6,8H,(H2,17,18,20)/t12-/m0/s1. The van der Waals surface area contributed by atoms with Crippen LogP contribution in [-0.4, -0.2) is 18.5 Å². The number of carbonyl (C=O) groups excluding carboxylic acids is 2. The Kier molecular flexibility index (Phi) is 2.36. The predicted molar refractivity (Wildman–Crippen MR) is 63.0 cm³/mol. The minimum Gasteiger partial charge on any atom is -0.318 e. The van der Waals surface area contributed by atoms with E-state index in [2.05, 4.69) is 17.2 Å². The van der Waals surface area contributed by atoms with Gasteiger partial charge >= 0.3 is 12.2 Å². The molecular formula is C13H7F3N2O2. The van der Waals surface area contributed by atoms with Crippen LogP contribution < -0.4 is 10.6 Å². The molecule has 0 bridgehead atoms. The summed E-state index contributed by atoms with van der Waals surface area (Å²) in [5.41, 5.74) is -2.59. The van der Waals surface area contributed by atoms with Crippen molar-refractivity contribution < 1.29 is 22.8 Å². The molecule has 2 N–H and O–H groups in total. The largest absolute Gasteiger partial charge is 0.418 e. The second-order valence-electron chi connectivity index (χ2n) is 4.53. The third-order valence-corrected chi connectivity index (χ3v) is 3.33. The van der Waals surface area contributed by atoms with Crippen molar-refractivity contribution in [1.29, 1.82) is 0 Å². The molecule has 1 aromatic rings. The van der Waals surface area contributed by atoms with E-state index >= 15 is 0 Å². The molecule has 0 spiro atoms. The highest BCUT2D eigenvalue weighted by Crippen LogP contribution is 2.50. The van der Waals surface area contributed by atoms with E-state index in [1.165, 1.54) is 18.2 Å². The normalized spacial score (nSPS) is 23.9. The summed E-state index contributed by atoms with van der Waals surface area (Å²) >= 11 is 0. The highest BCUT2D eigenvalue weighted by molar-refractivity contribution is 5.95. The second kappa shape index (κ2) is 3.76. The molecule has 1 atom stereocenters. The van der Waals surface area contributed by atoms with Gasteiger partial charge < -0.3 is 10.6 Å². The van der Waals surface area contributed by atoms with Crippen LogP contribution in [0.15, 0.2) is 18.2 Å². The number of hydrogen-bond donors (Lipinski definition) is 2. The van der Waals surface area contributed by atoms with Crippen LogP contribution in [-0.2, 0) is 5.54 Å². The Hall–Kier alpha value is -2.49. The van der Waals surface area contributed by atoms with Crippen LogP contribution in [0.25, 0.3) is 0 Å². The van der Waals surface area contributed by atoms with Gasteiger partial charge in [0.25, 0.3) is 0 Å². The predicted octanol–water partition coefficient (Wildman–Crippen LogP) is 2.02. The van der Waals surface area contributed by atoms with Crippen LogP contribution >= 0.6 is 0 Å². The SMILES string of the molecule is O=Cc1ccc2c(c1)NC(=O)N[C@]2(C1C#C1)C(F)(F)F. The lowest BCUT2D eigenvalue weighted by molar-refractivity contribution is -0.201. The molecule has 0 unspecified atom stereocenters. The van der Waals surface area contributed by atoms with Gasteiger partial charge in [0.2, 0.25) is 0 Å². The number of fused-ring (bicyclic) bond motifs is 1. The van der Waals surface area contributed by atoms with Gasteiger partial charge in [0.15, 0.2) is 5.54 Å². The lowest BCUT2D eigenvalue weighted by atomic mass is 9.80. The van der Waals surface area contributed by atoms with Crippen LogP contribution in [0, 0.1) is 17.8 Å². The van der Waals surface area contributed by atoms with Gasteiger partial charge in [-0.05, 0) is 6.07 Å². The van der Waals surface area contributed by atoms with E-state index in [1.807, 2.05) is 5.32 Å². The van der Waals surface area contributed by atoms with Crippen molar-refractivity contribution in [3.63, 3.8) is 0 Å². The van der Waals surface area contributed by atoms with Gasteiger partial charge in [0.05, 0.1) is 0 Å². The minimum absolute atomic E-state index is 0.0359. The molecule has 4 nitrogen and oxygen atoms in total. The smallest absolute Gasteiger partial charge is 0.318 e. The maximum Gasteiger partial charge on any atom is 0.418 e. The van der Waals surface area contributed by atoms with Crippen LogP contribution in [0.2, 0.25) is 0 Å². The summed E-state index contributed by atoms with van der Waals surface area (Å²) in [5.74, 6) is 3.56. The van der Waals surface area contributed by atoms with Crippen LogP contribution in [0.5, 0.6) is 0 Å². The third kappa shape index (κ3) is 1.58. The molecule has 0 aromatic heterocycles. The molecule has 2 amide bonds. The lowest BCUT2D eigenvalue weighted by Gasteiger charge is -2.40. The van der Waals surface area contributed by atoms with E-state index in [1.54, 1.807) is 0 Å². The summed E-state index contributed by atoms with van der Waals surface area (Å²) in [6, 6.07) is 2.69. The first-order chi connectivity index (χ1) is 9.38. The summed E-state index contributed by atoms with van der Waals surface area (Å²) in [6.45, 7) is 0.